The summed E-state index contributed by atoms with van der Waals surface area (Å²) in [5.74, 6) is -0.0322. The van der Waals surface area contributed by atoms with E-state index in [0.29, 0.717) is 12.0 Å². The first kappa shape index (κ1) is 16.7. The largest absolute Gasteiger partial charge is 0.367 e. The topological polar surface area (TPSA) is 38.3 Å². The van der Waals surface area contributed by atoms with Crippen LogP contribution in [-0.4, -0.2) is 19.1 Å². The summed E-state index contributed by atoms with van der Waals surface area (Å²) in [5.41, 5.74) is 1.46. The van der Waals surface area contributed by atoms with Crippen molar-refractivity contribution in [3.05, 3.63) is 35.9 Å². The lowest BCUT2D eigenvalue weighted by Gasteiger charge is -2.22. The van der Waals surface area contributed by atoms with Crippen LogP contribution in [0.15, 0.2) is 30.3 Å². The van der Waals surface area contributed by atoms with Crippen LogP contribution in [0, 0.1) is 5.41 Å². The lowest BCUT2D eigenvalue weighted by atomic mass is 9.85. The number of ether oxygens (including phenoxy) is 1. The summed E-state index contributed by atoms with van der Waals surface area (Å²) in [5, 5.41) is 2.90. The maximum Gasteiger partial charge on any atom is 0.246 e. The minimum Gasteiger partial charge on any atom is -0.367 e. The van der Waals surface area contributed by atoms with Gasteiger partial charge in [0.2, 0.25) is 5.91 Å². The van der Waals surface area contributed by atoms with E-state index in [1.165, 1.54) is 6.42 Å². The summed E-state index contributed by atoms with van der Waals surface area (Å²) >= 11 is 0. The second-order valence-electron chi connectivity index (χ2n) is 5.95. The van der Waals surface area contributed by atoms with E-state index in [4.69, 9.17) is 4.74 Å². The fraction of sp³-hybridized carbons (Fsp3) is 0.588. The fourth-order valence-corrected chi connectivity index (χ4v) is 1.86. The Hall–Kier alpha value is -1.35. The van der Waals surface area contributed by atoms with Gasteiger partial charge in [-0.05, 0) is 23.8 Å². The van der Waals surface area contributed by atoms with Crippen molar-refractivity contribution in [3.63, 3.8) is 0 Å². The third kappa shape index (κ3) is 7.29. The molecule has 0 spiro atoms. The molecule has 20 heavy (non-hydrogen) atoms. The van der Waals surface area contributed by atoms with Crippen LogP contribution in [0.5, 0.6) is 0 Å². The predicted molar refractivity (Wildman–Crippen MR) is 82.4 cm³/mol. The van der Waals surface area contributed by atoms with Gasteiger partial charge in [0.25, 0.3) is 0 Å². The van der Waals surface area contributed by atoms with E-state index in [1.807, 2.05) is 30.3 Å². The second-order valence-corrected chi connectivity index (χ2v) is 5.95. The molecule has 0 aromatic heterocycles. The number of nitrogens with one attached hydrogen (secondary N) is 1. The summed E-state index contributed by atoms with van der Waals surface area (Å²) < 4.78 is 5.39. The third-order valence-electron chi connectivity index (χ3n) is 3.65. The van der Waals surface area contributed by atoms with Crippen molar-refractivity contribution in [1.29, 1.82) is 0 Å². The number of benzene rings is 1. The molecule has 3 nitrogen and oxygen atoms in total. The van der Waals surface area contributed by atoms with E-state index in [9.17, 15) is 4.79 Å². The molecule has 0 bridgehead atoms. The minimum atomic E-state index is -0.0322. The summed E-state index contributed by atoms with van der Waals surface area (Å²) in [7, 11) is 0. The van der Waals surface area contributed by atoms with Gasteiger partial charge < -0.3 is 10.1 Å². The van der Waals surface area contributed by atoms with Gasteiger partial charge in [-0.25, -0.2) is 0 Å². The molecule has 1 amide bonds. The van der Waals surface area contributed by atoms with E-state index in [-0.39, 0.29) is 12.5 Å². The second kappa shape index (κ2) is 8.75. The highest BCUT2D eigenvalue weighted by Gasteiger charge is 2.14. The van der Waals surface area contributed by atoms with Gasteiger partial charge in [-0.2, -0.15) is 0 Å². The van der Waals surface area contributed by atoms with E-state index in [2.05, 4.69) is 26.1 Å². The van der Waals surface area contributed by atoms with Crippen molar-refractivity contribution < 1.29 is 9.53 Å². The highest BCUT2D eigenvalue weighted by molar-refractivity contribution is 5.77. The molecule has 0 saturated carbocycles. The fourth-order valence-electron chi connectivity index (χ4n) is 1.86. The Morgan fingerprint density at radius 3 is 2.60 bits per heavy atom. The molecule has 0 aliphatic rings. The van der Waals surface area contributed by atoms with Crippen LogP contribution in [0.25, 0.3) is 0 Å². The molecular weight excluding hydrogens is 250 g/mol. The van der Waals surface area contributed by atoms with E-state index >= 15 is 0 Å². The van der Waals surface area contributed by atoms with Gasteiger partial charge in [-0.15, -0.1) is 0 Å². The molecular formula is C17H27NO2. The molecule has 1 aromatic rings. The highest BCUT2D eigenvalue weighted by atomic mass is 16.5. The molecule has 0 aliphatic heterocycles. The zero-order chi connectivity index (χ0) is 14.8. The number of hydrogen-bond donors (Lipinski definition) is 1. The Morgan fingerprint density at radius 2 is 1.95 bits per heavy atom. The highest BCUT2D eigenvalue weighted by Crippen LogP contribution is 2.25. The van der Waals surface area contributed by atoms with Crippen molar-refractivity contribution in [3.8, 4) is 0 Å². The van der Waals surface area contributed by atoms with E-state index in [1.54, 1.807) is 0 Å². The molecule has 1 N–H and O–H groups in total. The molecule has 0 radical (unpaired) electrons. The quantitative estimate of drug-likeness (QED) is 0.701. The normalized spacial score (nSPS) is 11.3. The predicted octanol–water partition coefficient (Wildman–Crippen LogP) is 3.54. The van der Waals surface area contributed by atoms with Crippen LogP contribution in [0.4, 0.5) is 0 Å². The van der Waals surface area contributed by atoms with Gasteiger partial charge in [0, 0.05) is 6.54 Å². The summed E-state index contributed by atoms with van der Waals surface area (Å²) in [4.78, 5) is 11.6. The lowest BCUT2D eigenvalue weighted by molar-refractivity contribution is -0.126. The Labute approximate surface area is 122 Å². The first-order valence-electron chi connectivity index (χ1n) is 7.42. The van der Waals surface area contributed by atoms with Crippen molar-refractivity contribution in [2.45, 2.75) is 46.6 Å². The molecule has 0 fully saturated rings. The third-order valence-corrected chi connectivity index (χ3v) is 3.65. The maximum atomic E-state index is 11.6. The Bertz CT molecular complexity index is 387. The smallest absolute Gasteiger partial charge is 0.246 e. The molecule has 0 unspecified atom stereocenters. The van der Waals surface area contributed by atoms with Gasteiger partial charge in [-0.3, -0.25) is 4.79 Å². The number of carbonyl (C=O) groups is 1. The average molecular weight is 277 g/mol. The van der Waals surface area contributed by atoms with Crippen LogP contribution in [-0.2, 0) is 16.1 Å². The van der Waals surface area contributed by atoms with Gasteiger partial charge in [0.15, 0.2) is 0 Å². The zero-order valence-corrected chi connectivity index (χ0v) is 12.9. The number of amides is 1. The molecule has 1 aromatic carbocycles. The molecule has 0 aliphatic carbocycles. The maximum absolute atomic E-state index is 11.6. The summed E-state index contributed by atoms with van der Waals surface area (Å²) in [6, 6.07) is 9.88. The number of carbonyl (C=O) groups excluding carboxylic acids is 1. The van der Waals surface area contributed by atoms with Crippen LogP contribution in [0.1, 0.15) is 45.6 Å². The number of hydrogen-bond acceptors (Lipinski definition) is 2. The standard InChI is InChI=1S/C17H27NO2/c1-4-17(2,3)11-8-12-18-16(19)14-20-13-15-9-6-5-7-10-15/h5-7,9-10H,4,8,11-14H2,1-3H3,(H,18,19). The zero-order valence-electron chi connectivity index (χ0n) is 12.9. The SMILES string of the molecule is CCC(C)(C)CCCNC(=O)COCc1ccccc1. The van der Waals surface area contributed by atoms with Crippen molar-refractivity contribution in [2.75, 3.05) is 13.2 Å². The van der Waals surface area contributed by atoms with Gasteiger partial charge >= 0.3 is 0 Å². The minimum absolute atomic E-state index is 0.0322. The number of rotatable bonds is 9. The van der Waals surface area contributed by atoms with Crippen LogP contribution in [0.2, 0.25) is 0 Å². The average Bonchev–Trinajstić information content (AvgIpc) is 2.45. The van der Waals surface area contributed by atoms with Crippen molar-refractivity contribution in [2.24, 2.45) is 5.41 Å². The van der Waals surface area contributed by atoms with Crippen molar-refractivity contribution >= 4 is 5.91 Å². The van der Waals surface area contributed by atoms with Gasteiger partial charge in [0.05, 0.1) is 6.61 Å². The molecule has 3 heteroatoms. The molecule has 1 rings (SSSR count). The Morgan fingerprint density at radius 1 is 1.25 bits per heavy atom. The monoisotopic (exact) mass is 277 g/mol. The summed E-state index contributed by atoms with van der Waals surface area (Å²) in [6.07, 6.45) is 3.32. The van der Waals surface area contributed by atoms with Crippen LogP contribution in [0.3, 0.4) is 0 Å². The molecule has 0 saturated heterocycles. The van der Waals surface area contributed by atoms with Crippen LogP contribution < -0.4 is 5.32 Å². The molecule has 0 atom stereocenters. The van der Waals surface area contributed by atoms with Crippen molar-refractivity contribution in [1.82, 2.24) is 5.32 Å². The van der Waals surface area contributed by atoms with Gasteiger partial charge in [-0.1, -0.05) is 57.5 Å². The molecule has 0 heterocycles. The van der Waals surface area contributed by atoms with Crippen LogP contribution >= 0.6 is 0 Å². The Balaban J connectivity index is 2.06. The first-order valence-corrected chi connectivity index (χ1v) is 7.42. The molecule has 112 valence electrons. The lowest BCUT2D eigenvalue weighted by Crippen LogP contribution is -2.29. The van der Waals surface area contributed by atoms with Gasteiger partial charge in [0.1, 0.15) is 6.61 Å². The Kier molecular flexibility index (Phi) is 7.31. The van der Waals surface area contributed by atoms with E-state index < -0.39 is 0 Å². The first-order chi connectivity index (χ1) is 9.53. The summed E-state index contributed by atoms with van der Waals surface area (Å²) in [6.45, 7) is 8.08. The van der Waals surface area contributed by atoms with E-state index in [0.717, 1.165) is 24.9 Å².